The molecule has 0 saturated heterocycles. The lowest BCUT2D eigenvalue weighted by atomic mass is 10.0. The lowest BCUT2D eigenvalue weighted by Gasteiger charge is -2.22. The maximum atomic E-state index is 13.4. The maximum absolute atomic E-state index is 13.4. The molecular formula is C23H17ClN2O2. The zero-order valence-corrected chi connectivity index (χ0v) is 15.9. The number of rotatable bonds is 4. The number of hydrogen-bond acceptors (Lipinski definition) is 3. The topological polar surface area (TPSA) is 40.6 Å². The van der Waals surface area contributed by atoms with Crippen LogP contribution in [0.5, 0.6) is 0 Å². The smallest absolute Gasteiger partial charge is 0.282 e. The zero-order chi connectivity index (χ0) is 19.7. The molecule has 0 fully saturated rings. The van der Waals surface area contributed by atoms with E-state index in [1.165, 1.54) is 0 Å². The van der Waals surface area contributed by atoms with Gasteiger partial charge in [0.05, 0.1) is 16.3 Å². The van der Waals surface area contributed by atoms with E-state index in [0.29, 0.717) is 27.5 Å². The van der Waals surface area contributed by atoms with Gasteiger partial charge in [0.25, 0.3) is 11.8 Å². The highest BCUT2D eigenvalue weighted by Gasteiger charge is 2.42. The van der Waals surface area contributed by atoms with Crippen LogP contribution in [-0.4, -0.2) is 18.9 Å². The Hall–Kier alpha value is -3.37. The van der Waals surface area contributed by atoms with Gasteiger partial charge in [0.1, 0.15) is 5.70 Å². The van der Waals surface area contributed by atoms with Crippen LogP contribution < -0.4 is 9.80 Å². The predicted octanol–water partition coefficient (Wildman–Crippen LogP) is 4.76. The van der Waals surface area contributed by atoms with Crippen molar-refractivity contribution in [2.24, 2.45) is 0 Å². The first-order chi connectivity index (χ1) is 13.6. The Morgan fingerprint density at radius 1 is 0.750 bits per heavy atom. The standard InChI is InChI=1S/C23H17ClN2O2/c1-25(17-12-6-3-7-13-17)21-20(16-10-4-2-5-11-16)22(27)26(23(21)28)19-15-9-8-14-18(19)24/h2-15H,1H3. The van der Waals surface area contributed by atoms with Crippen LogP contribution in [0.15, 0.2) is 90.6 Å². The van der Waals surface area contributed by atoms with Gasteiger partial charge >= 0.3 is 0 Å². The molecule has 3 aromatic carbocycles. The fourth-order valence-corrected chi connectivity index (χ4v) is 3.55. The number of para-hydroxylation sites is 2. The molecule has 5 heteroatoms. The van der Waals surface area contributed by atoms with Gasteiger partial charge in [-0.1, -0.05) is 72.3 Å². The second-order valence-electron chi connectivity index (χ2n) is 6.38. The number of carbonyl (C=O) groups is 2. The summed E-state index contributed by atoms with van der Waals surface area (Å²) in [5, 5.41) is 0.347. The van der Waals surface area contributed by atoms with Crippen molar-refractivity contribution in [1.29, 1.82) is 0 Å². The van der Waals surface area contributed by atoms with Crippen LogP contribution >= 0.6 is 11.6 Å². The summed E-state index contributed by atoms with van der Waals surface area (Å²) in [6.45, 7) is 0. The molecule has 0 aromatic heterocycles. The summed E-state index contributed by atoms with van der Waals surface area (Å²) >= 11 is 6.29. The van der Waals surface area contributed by atoms with Crippen molar-refractivity contribution in [2.75, 3.05) is 16.8 Å². The molecule has 0 atom stereocenters. The first-order valence-electron chi connectivity index (χ1n) is 8.81. The van der Waals surface area contributed by atoms with Crippen LogP contribution in [0.25, 0.3) is 5.57 Å². The number of halogens is 1. The minimum Gasteiger partial charge on any atom is -0.339 e. The third-order valence-electron chi connectivity index (χ3n) is 4.69. The number of hydrogen-bond donors (Lipinski definition) is 0. The van der Waals surface area contributed by atoms with Gasteiger partial charge in [0, 0.05) is 12.7 Å². The summed E-state index contributed by atoms with van der Waals surface area (Å²) in [6.07, 6.45) is 0. The summed E-state index contributed by atoms with van der Waals surface area (Å²) < 4.78 is 0. The maximum Gasteiger partial charge on any atom is 0.282 e. The number of amides is 2. The van der Waals surface area contributed by atoms with Gasteiger partial charge in [-0.3, -0.25) is 9.59 Å². The molecule has 0 radical (unpaired) electrons. The van der Waals surface area contributed by atoms with E-state index < -0.39 is 5.91 Å². The molecule has 28 heavy (non-hydrogen) atoms. The fraction of sp³-hybridized carbons (Fsp3) is 0.0435. The molecule has 4 nitrogen and oxygen atoms in total. The summed E-state index contributed by atoms with van der Waals surface area (Å²) in [5.41, 5.74) is 2.56. The van der Waals surface area contributed by atoms with Gasteiger partial charge in [-0.05, 0) is 29.8 Å². The molecule has 0 bridgehead atoms. The largest absolute Gasteiger partial charge is 0.339 e. The number of anilines is 2. The second kappa shape index (κ2) is 7.33. The Labute approximate surface area is 168 Å². The van der Waals surface area contributed by atoms with Crippen molar-refractivity contribution in [3.63, 3.8) is 0 Å². The van der Waals surface area contributed by atoms with E-state index in [9.17, 15) is 9.59 Å². The van der Waals surface area contributed by atoms with E-state index in [-0.39, 0.29) is 5.91 Å². The number of benzene rings is 3. The van der Waals surface area contributed by atoms with Gasteiger partial charge in [-0.15, -0.1) is 0 Å². The van der Waals surface area contributed by atoms with E-state index in [4.69, 9.17) is 11.6 Å². The minimum atomic E-state index is -0.400. The first-order valence-corrected chi connectivity index (χ1v) is 9.19. The molecule has 1 aliphatic rings. The van der Waals surface area contributed by atoms with E-state index >= 15 is 0 Å². The molecule has 2 amide bonds. The molecule has 4 rings (SSSR count). The fourth-order valence-electron chi connectivity index (χ4n) is 3.33. The molecule has 1 heterocycles. The Balaban J connectivity index is 1.90. The zero-order valence-electron chi connectivity index (χ0n) is 15.2. The molecule has 3 aromatic rings. The van der Waals surface area contributed by atoms with Crippen molar-refractivity contribution >= 4 is 40.4 Å². The lowest BCUT2D eigenvalue weighted by Crippen LogP contribution is -2.34. The molecule has 0 spiro atoms. The summed E-state index contributed by atoms with van der Waals surface area (Å²) in [5.74, 6) is -0.787. The van der Waals surface area contributed by atoms with Crippen molar-refractivity contribution in [2.45, 2.75) is 0 Å². The van der Waals surface area contributed by atoms with Gasteiger partial charge in [-0.25, -0.2) is 4.90 Å². The van der Waals surface area contributed by atoms with E-state index in [0.717, 1.165) is 10.6 Å². The van der Waals surface area contributed by atoms with Crippen LogP contribution in [-0.2, 0) is 9.59 Å². The van der Waals surface area contributed by atoms with Gasteiger partial charge in [0.2, 0.25) is 0 Å². The Kier molecular flexibility index (Phi) is 4.72. The van der Waals surface area contributed by atoms with Crippen LogP contribution in [0.3, 0.4) is 0 Å². The highest BCUT2D eigenvalue weighted by Crippen LogP contribution is 2.38. The summed E-state index contributed by atoms with van der Waals surface area (Å²) in [7, 11) is 1.79. The third-order valence-corrected chi connectivity index (χ3v) is 5.01. The average molecular weight is 389 g/mol. The van der Waals surface area contributed by atoms with Gasteiger partial charge in [-0.2, -0.15) is 0 Å². The van der Waals surface area contributed by atoms with Crippen LogP contribution in [0.2, 0.25) is 5.02 Å². The molecule has 138 valence electrons. The van der Waals surface area contributed by atoms with Crippen LogP contribution in [0.4, 0.5) is 11.4 Å². The Bertz CT molecular complexity index is 1080. The Morgan fingerprint density at radius 2 is 1.32 bits per heavy atom. The third kappa shape index (κ3) is 2.98. The molecule has 1 aliphatic heterocycles. The molecular weight excluding hydrogens is 372 g/mol. The van der Waals surface area contributed by atoms with Crippen molar-refractivity contribution in [3.05, 3.63) is 101 Å². The van der Waals surface area contributed by atoms with Crippen LogP contribution in [0.1, 0.15) is 5.56 Å². The lowest BCUT2D eigenvalue weighted by molar-refractivity contribution is -0.120. The molecule has 0 unspecified atom stereocenters. The first kappa shape index (κ1) is 18.0. The molecule has 0 saturated carbocycles. The summed E-state index contributed by atoms with van der Waals surface area (Å²) in [4.78, 5) is 29.7. The monoisotopic (exact) mass is 388 g/mol. The van der Waals surface area contributed by atoms with E-state index in [2.05, 4.69) is 0 Å². The van der Waals surface area contributed by atoms with Gasteiger partial charge in [0.15, 0.2) is 0 Å². The highest BCUT2D eigenvalue weighted by molar-refractivity contribution is 6.48. The summed E-state index contributed by atoms with van der Waals surface area (Å²) in [6, 6.07) is 25.5. The average Bonchev–Trinajstić information content (AvgIpc) is 2.99. The Morgan fingerprint density at radius 3 is 1.96 bits per heavy atom. The predicted molar refractivity (Wildman–Crippen MR) is 112 cm³/mol. The number of likely N-dealkylation sites (N-methyl/N-ethyl adjacent to an activating group) is 1. The van der Waals surface area contributed by atoms with Crippen LogP contribution in [0, 0.1) is 0 Å². The molecule has 0 N–H and O–H groups in total. The van der Waals surface area contributed by atoms with Crippen molar-refractivity contribution < 1.29 is 9.59 Å². The second-order valence-corrected chi connectivity index (χ2v) is 6.79. The minimum absolute atomic E-state index is 0.322. The normalized spacial score (nSPS) is 14.0. The quantitative estimate of drug-likeness (QED) is 0.605. The van der Waals surface area contributed by atoms with Crippen molar-refractivity contribution in [3.8, 4) is 0 Å². The number of nitrogens with zero attached hydrogens (tertiary/aromatic N) is 2. The molecule has 0 aliphatic carbocycles. The number of imide groups is 1. The van der Waals surface area contributed by atoms with Gasteiger partial charge < -0.3 is 4.90 Å². The van der Waals surface area contributed by atoms with E-state index in [1.54, 1.807) is 36.2 Å². The van der Waals surface area contributed by atoms with E-state index in [1.807, 2.05) is 60.7 Å². The number of carbonyl (C=O) groups excluding carboxylic acids is 2. The SMILES string of the molecule is CN(C1=C(c2ccccc2)C(=O)N(c2ccccc2Cl)C1=O)c1ccccc1. The highest BCUT2D eigenvalue weighted by atomic mass is 35.5. The van der Waals surface area contributed by atoms with Crippen molar-refractivity contribution in [1.82, 2.24) is 0 Å².